The number of aromatic nitrogens is 1. The number of anilines is 1. The van der Waals surface area contributed by atoms with Gasteiger partial charge in [-0.25, -0.2) is 9.78 Å². The van der Waals surface area contributed by atoms with Crippen LogP contribution in [0.25, 0.3) is 5.76 Å². The van der Waals surface area contributed by atoms with Crippen LogP contribution in [0, 0.1) is 20.8 Å². The summed E-state index contributed by atoms with van der Waals surface area (Å²) in [4.78, 5) is 45.3. The highest BCUT2D eigenvalue weighted by atomic mass is 32.1. The third-order valence-corrected chi connectivity index (χ3v) is 7.63. The lowest BCUT2D eigenvalue weighted by Crippen LogP contribution is -2.29. The Morgan fingerprint density at radius 3 is 2.44 bits per heavy atom. The molecular formula is C30H32N2O6S. The van der Waals surface area contributed by atoms with Crippen LogP contribution in [0.1, 0.15) is 70.4 Å². The van der Waals surface area contributed by atoms with Crippen molar-refractivity contribution in [3.8, 4) is 5.75 Å². The molecule has 1 fully saturated rings. The van der Waals surface area contributed by atoms with E-state index in [0.717, 1.165) is 35.3 Å². The van der Waals surface area contributed by atoms with Crippen molar-refractivity contribution in [1.29, 1.82) is 0 Å². The predicted octanol–water partition coefficient (Wildman–Crippen LogP) is 6.05. The van der Waals surface area contributed by atoms with Gasteiger partial charge in [0.2, 0.25) is 0 Å². The SMILES string of the molecule is CCCCOc1ccc(/C(O)=C2\C(=O)C(=O)N(c3nc(C)c(C(=O)OCC)s3)C2c2ccc(C)cc2)cc1C. The molecule has 0 aliphatic carbocycles. The van der Waals surface area contributed by atoms with Crippen LogP contribution < -0.4 is 9.64 Å². The molecule has 4 rings (SSSR count). The molecule has 0 saturated carbocycles. The van der Waals surface area contributed by atoms with Gasteiger partial charge in [-0.3, -0.25) is 14.5 Å². The molecule has 1 amide bonds. The summed E-state index contributed by atoms with van der Waals surface area (Å²) in [5.74, 6) is -1.80. The average Bonchev–Trinajstić information content (AvgIpc) is 3.42. The first-order valence-corrected chi connectivity index (χ1v) is 13.7. The zero-order valence-corrected chi connectivity index (χ0v) is 23.6. The van der Waals surface area contributed by atoms with Crippen molar-refractivity contribution in [2.45, 2.75) is 53.5 Å². The van der Waals surface area contributed by atoms with Gasteiger partial charge in [0.05, 0.1) is 30.5 Å². The Labute approximate surface area is 231 Å². The highest BCUT2D eigenvalue weighted by Gasteiger charge is 2.48. The lowest BCUT2D eigenvalue weighted by Gasteiger charge is -2.23. The number of nitrogens with zero attached hydrogens (tertiary/aromatic N) is 2. The standard InChI is InChI=1S/C30H32N2O6S/c1-6-8-15-38-22-14-13-21(16-18(22)4)25(33)23-24(20-11-9-17(3)10-12-20)32(28(35)26(23)34)30-31-19(5)27(39-30)29(36)37-7-2/h9-14,16,24,33H,6-8,15H2,1-5H3/b25-23+. The van der Waals surface area contributed by atoms with Gasteiger partial charge in [0.15, 0.2) is 5.13 Å². The minimum Gasteiger partial charge on any atom is -0.507 e. The highest BCUT2D eigenvalue weighted by Crippen LogP contribution is 2.44. The fraction of sp³-hybridized carbons (Fsp3) is 0.333. The third-order valence-electron chi connectivity index (χ3n) is 6.49. The number of hydrogen-bond acceptors (Lipinski definition) is 8. The van der Waals surface area contributed by atoms with Crippen molar-refractivity contribution in [3.63, 3.8) is 0 Å². The van der Waals surface area contributed by atoms with Crippen molar-refractivity contribution in [1.82, 2.24) is 4.98 Å². The maximum atomic E-state index is 13.5. The van der Waals surface area contributed by atoms with Crippen LogP contribution in [0.3, 0.4) is 0 Å². The molecule has 1 aliphatic heterocycles. The number of benzene rings is 2. The normalized spacial score (nSPS) is 16.5. The minimum atomic E-state index is -0.938. The van der Waals surface area contributed by atoms with Crippen molar-refractivity contribution >= 4 is 39.9 Å². The number of carbonyl (C=O) groups excluding carboxylic acids is 3. The van der Waals surface area contributed by atoms with E-state index in [1.807, 2.05) is 38.1 Å². The summed E-state index contributed by atoms with van der Waals surface area (Å²) in [6.07, 6.45) is 1.94. The summed E-state index contributed by atoms with van der Waals surface area (Å²) < 4.78 is 11.0. The molecule has 3 aromatic rings. The van der Waals surface area contributed by atoms with Crippen LogP contribution in [0.4, 0.5) is 5.13 Å². The Morgan fingerprint density at radius 1 is 1.08 bits per heavy atom. The first-order chi connectivity index (χ1) is 18.7. The van der Waals surface area contributed by atoms with Gasteiger partial charge >= 0.3 is 11.9 Å². The summed E-state index contributed by atoms with van der Waals surface area (Å²) in [5, 5.41) is 11.6. The Bertz CT molecular complexity index is 1440. The number of esters is 1. The molecule has 39 heavy (non-hydrogen) atoms. The van der Waals surface area contributed by atoms with Gasteiger partial charge in [-0.2, -0.15) is 0 Å². The van der Waals surface area contributed by atoms with E-state index in [0.29, 0.717) is 29.2 Å². The Morgan fingerprint density at radius 2 is 1.79 bits per heavy atom. The largest absolute Gasteiger partial charge is 0.507 e. The maximum absolute atomic E-state index is 13.5. The number of thiazole rings is 1. The first-order valence-electron chi connectivity index (χ1n) is 12.9. The van der Waals surface area contributed by atoms with Gasteiger partial charge in [0, 0.05) is 5.56 Å². The number of hydrogen-bond donors (Lipinski definition) is 1. The fourth-order valence-electron chi connectivity index (χ4n) is 4.41. The molecule has 1 N–H and O–H groups in total. The van der Waals surface area contributed by atoms with E-state index < -0.39 is 23.7 Å². The Kier molecular flexibility index (Phi) is 8.50. The first kappa shape index (κ1) is 28.0. The molecule has 0 spiro atoms. The molecule has 2 aromatic carbocycles. The van der Waals surface area contributed by atoms with Crippen molar-refractivity contribution in [3.05, 3.63) is 80.9 Å². The smallest absolute Gasteiger partial charge is 0.350 e. The quantitative estimate of drug-likeness (QED) is 0.114. The molecule has 2 heterocycles. The van der Waals surface area contributed by atoms with Crippen LogP contribution >= 0.6 is 11.3 Å². The van der Waals surface area contributed by atoms with E-state index in [2.05, 4.69) is 11.9 Å². The van der Waals surface area contributed by atoms with Crippen LogP contribution in [-0.2, 0) is 14.3 Å². The number of Topliss-reactive ketones (excluding diaryl/α,β-unsaturated/α-hetero) is 1. The number of unbranched alkanes of at least 4 members (excludes halogenated alkanes) is 1. The van der Waals surface area contributed by atoms with Gasteiger partial charge in [-0.05, 0) is 63.4 Å². The van der Waals surface area contributed by atoms with Crippen LogP contribution in [0.15, 0.2) is 48.0 Å². The molecule has 8 nitrogen and oxygen atoms in total. The number of aryl methyl sites for hydroxylation is 3. The van der Waals surface area contributed by atoms with Crippen molar-refractivity contribution in [2.24, 2.45) is 0 Å². The predicted molar refractivity (Wildman–Crippen MR) is 150 cm³/mol. The number of aliphatic hydroxyl groups is 1. The Hall–Kier alpha value is -3.98. The van der Waals surface area contributed by atoms with E-state index in [-0.39, 0.29) is 27.9 Å². The van der Waals surface area contributed by atoms with E-state index in [9.17, 15) is 19.5 Å². The number of ketones is 1. The molecule has 1 saturated heterocycles. The second-order valence-corrected chi connectivity index (χ2v) is 10.4. The lowest BCUT2D eigenvalue weighted by molar-refractivity contribution is -0.132. The second kappa shape index (κ2) is 11.8. The van der Waals surface area contributed by atoms with E-state index in [1.165, 1.54) is 4.90 Å². The molecule has 204 valence electrons. The summed E-state index contributed by atoms with van der Waals surface area (Å²) in [6.45, 7) is 10.0. The third kappa shape index (κ3) is 5.59. The maximum Gasteiger partial charge on any atom is 0.350 e. The fourth-order valence-corrected chi connectivity index (χ4v) is 5.39. The summed E-state index contributed by atoms with van der Waals surface area (Å²) in [7, 11) is 0. The number of rotatable bonds is 9. The average molecular weight is 549 g/mol. The van der Waals surface area contributed by atoms with E-state index >= 15 is 0 Å². The molecule has 1 aliphatic rings. The molecule has 1 unspecified atom stereocenters. The highest BCUT2D eigenvalue weighted by molar-refractivity contribution is 7.17. The van der Waals surface area contributed by atoms with Gasteiger partial charge in [-0.15, -0.1) is 0 Å². The number of ether oxygens (including phenoxy) is 2. The minimum absolute atomic E-state index is 0.0477. The summed E-state index contributed by atoms with van der Waals surface area (Å²) >= 11 is 0.982. The number of amides is 1. The molecule has 1 aromatic heterocycles. The van der Waals surface area contributed by atoms with Gasteiger partial charge in [-0.1, -0.05) is 54.5 Å². The van der Waals surface area contributed by atoms with Gasteiger partial charge < -0.3 is 14.6 Å². The Balaban J connectivity index is 1.83. The van der Waals surface area contributed by atoms with E-state index in [4.69, 9.17) is 9.47 Å². The van der Waals surface area contributed by atoms with E-state index in [1.54, 1.807) is 32.0 Å². The number of carbonyl (C=O) groups is 3. The molecule has 0 radical (unpaired) electrons. The zero-order valence-electron chi connectivity index (χ0n) is 22.7. The lowest BCUT2D eigenvalue weighted by atomic mass is 9.94. The van der Waals surface area contributed by atoms with Crippen LogP contribution in [0.5, 0.6) is 5.75 Å². The molecule has 1 atom stereocenters. The molecular weight excluding hydrogens is 516 g/mol. The van der Waals surface area contributed by atoms with Crippen molar-refractivity contribution in [2.75, 3.05) is 18.1 Å². The van der Waals surface area contributed by atoms with Gasteiger partial charge in [0.25, 0.3) is 5.78 Å². The number of aliphatic hydroxyl groups excluding tert-OH is 1. The van der Waals surface area contributed by atoms with Gasteiger partial charge in [0.1, 0.15) is 16.4 Å². The molecule has 0 bridgehead atoms. The van der Waals surface area contributed by atoms with Crippen LogP contribution in [-0.4, -0.2) is 41.0 Å². The molecule has 9 heteroatoms. The van der Waals surface area contributed by atoms with Crippen molar-refractivity contribution < 1.29 is 29.0 Å². The topological polar surface area (TPSA) is 106 Å². The summed E-state index contributed by atoms with van der Waals surface area (Å²) in [6, 6.07) is 11.6. The zero-order chi connectivity index (χ0) is 28.3. The summed E-state index contributed by atoms with van der Waals surface area (Å²) in [5.41, 5.74) is 3.17. The van der Waals surface area contributed by atoms with Crippen LogP contribution in [0.2, 0.25) is 0 Å². The second-order valence-electron chi connectivity index (χ2n) is 9.39. The monoisotopic (exact) mass is 548 g/mol.